The number of nitrogens with zero attached hydrogens (tertiary/aromatic N) is 4. The summed E-state index contributed by atoms with van der Waals surface area (Å²) in [6.07, 6.45) is 5.25. The number of para-hydroxylation sites is 1. The zero-order valence-electron chi connectivity index (χ0n) is 26.5. The summed E-state index contributed by atoms with van der Waals surface area (Å²) in [5.74, 6) is 1.24. The molecule has 0 bridgehead atoms. The van der Waals surface area contributed by atoms with Gasteiger partial charge in [-0.05, 0) is 72.7 Å². The number of nitrogens with one attached hydrogen (secondary N) is 1. The number of fused-ring (bicyclic) bond motifs is 1. The van der Waals surface area contributed by atoms with Crippen molar-refractivity contribution >= 4 is 24.2 Å². The normalized spacial score (nSPS) is 20.2. The van der Waals surface area contributed by atoms with Gasteiger partial charge in [0.2, 0.25) is 0 Å². The van der Waals surface area contributed by atoms with Crippen molar-refractivity contribution in [3.8, 4) is 11.4 Å². The van der Waals surface area contributed by atoms with Crippen molar-refractivity contribution in [2.45, 2.75) is 70.0 Å². The number of aliphatic hydroxyl groups is 1. The van der Waals surface area contributed by atoms with Gasteiger partial charge in [-0.1, -0.05) is 66.8 Å². The Balaban J connectivity index is 1.21. The summed E-state index contributed by atoms with van der Waals surface area (Å²) in [4.78, 5) is 13.1. The first-order chi connectivity index (χ1) is 21.8. The maximum Gasteiger partial charge on any atom is 0.279 e. The van der Waals surface area contributed by atoms with Gasteiger partial charge in [-0.25, -0.2) is 4.68 Å². The third-order valence-corrected chi connectivity index (χ3v) is 14.0. The minimum atomic E-state index is -1.98. The molecular formula is C35H43N5O4Si. The van der Waals surface area contributed by atoms with Crippen molar-refractivity contribution in [2.75, 3.05) is 13.7 Å². The first kappa shape index (κ1) is 31.0. The SMILES string of the molecule is COc1ccc([Si](C)(C)[C@H]2[C@H](C)[C@H](CCc3cccc(-n4[nH]c5ccccc5c4=O)c3)O[C@@H]2CCn2cc(CCO)nn2)cc1. The summed E-state index contributed by atoms with van der Waals surface area (Å²) < 4.78 is 15.9. The first-order valence-electron chi connectivity index (χ1n) is 15.9. The summed E-state index contributed by atoms with van der Waals surface area (Å²) in [5.41, 5.74) is 4.02. The van der Waals surface area contributed by atoms with E-state index in [-0.39, 0.29) is 24.4 Å². The van der Waals surface area contributed by atoms with E-state index in [1.165, 1.54) is 10.8 Å². The molecule has 236 valence electrons. The van der Waals surface area contributed by atoms with Gasteiger partial charge in [0, 0.05) is 25.8 Å². The van der Waals surface area contributed by atoms with Crippen LogP contribution in [0.15, 0.2) is 83.8 Å². The molecule has 45 heavy (non-hydrogen) atoms. The van der Waals surface area contributed by atoms with Crippen LogP contribution in [0, 0.1) is 5.92 Å². The van der Waals surface area contributed by atoms with E-state index in [4.69, 9.17) is 9.47 Å². The topological polar surface area (TPSA) is 107 Å². The number of H-pyrrole nitrogens is 1. The number of rotatable bonds is 12. The first-order valence-corrected chi connectivity index (χ1v) is 18.9. The molecular weight excluding hydrogens is 583 g/mol. The van der Waals surface area contributed by atoms with Gasteiger partial charge in [-0.2, -0.15) is 0 Å². The van der Waals surface area contributed by atoms with Crippen LogP contribution in [0.5, 0.6) is 5.75 Å². The molecule has 5 aromatic rings. The Hall–Kier alpha value is -3.99. The molecule has 6 rings (SSSR count). The molecule has 0 unspecified atom stereocenters. The van der Waals surface area contributed by atoms with Crippen LogP contribution in [-0.4, -0.2) is 63.9 Å². The van der Waals surface area contributed by atoms with E-state index in [2.05, 4.69) is 71.8 Å². The van der Waals surface area contributed by atoms with Crippen molar-refractivity contribution < 1.29 is 14.6 Å². The molecule has 1 aliphatic rings. The maximum absolute atomic E-state index is 13.1. The van der Waals surface area contributed by atoms with E-state index in [9.17, 15) is 9.90 Å². The number of aliphatic hydroxyl groups excluding tert-OH is 1. The van der Waals surface area contributed by atoms with Crippen LogP contribution in [0.1, 0.15) is 31.0 Å². The zero-order chi connectivity index (χ0) is 31.6. The molecule has 0 saturated carbocycles. The highest BCUT2D eigenvalue weighted by Gasteiger charge is 2.50. The molecule has 0 radical (unpaired) electrons. The van der Waals surface area contributed by atoms with Crippen LogP contribution in [0.3, 0.4) is 0 Å². The van der Waals surface area contributed by atoms with Crippen molar-refractivity contribution in [1.82, 2.24) is 24.8 Å². The molecule has 0 amide bonds. The van der Waals surface area contributed by atoms with E-state index in [0.29, 0.717) is 29.8 Å². The Kier molecular flexibility index (Phi) is 9.07. The smallest absolute Gasteiger partial charge is 0.279 e. The van der Waals surface area contributed by atoms with Crippen molar-refractivity contribution in [3.05, 3.63) is 101 Å². The van der Waals surface area contributed by atoms with E-state index in [1.54, 1.807) is 11.8 Å². The quantitative estimate of drug-likeness (QED) is 0.192. The Bertz CT molecular complexity index is 1790. The van der Waals surface area contributed by atoms with Crippen LogP contribution in [0.4, 0.5) is 0 Å². The monoisotopic (exact) mass is 625 g/mol. The highest BCUT2D eigenvalue weighted by Crippen LogP contribution is 2.46. The number of aryl methyl sites for hydroxylation is 2. The molecule has 9 nitrogen and oxygen atoms in total. The lowest BCUT2D eigenvalue weighted by Gasteiger charge is -2.36. The average Bonchev–Trinajstić information content (AvgIpc) is 3.74. The fourth-order valence-corrected chi connectivity index (χ4v) is 11.4. The molecule has 1 aliphatic heterocycles. The van der Waals surface area contributed by atoms with Gasteiger partial charge in [-0.15, -0.1) is 5.10 Å². The van der Waals surface area contributed by atoms with Crippen molar-refractivity contribution in [2.24, 2.45) is 5.92 Å². The van der Waals surface area contributed by atoms with E-state index in [0.717, 1.165) is 41.9 Å². The number of hydrogen-bond donors (Lipinski definition) is 2. The molecule has 2 aromatic heterocycles. The summed E-state index contributed by atoms with van der Waals surface area (Å²) in [5, 5.41) is 23.1. The summed E-state index contributed by atoms with van der Waals surface area (Å²) in [6, 6.07) is 24.5. The zero-order valence-corrected chi connectivity index (χ0v) is 27.5. The Morgan fingerprint density at radius 1 is 1.00 bits per heavy atom. The second-order valence-corrected chi connectivity index (χ2v) is 17.5. The highest BCUT2D eigenvalue weighted by molar-refractivity contribution is 6.91. The fourth-order valence-electron chi connectivity index (χ4n) is 7.25. The third kappa shape index (κ3) is 6.40. The number of aromatic amines is 1. The number of aromatic nitrogens is 5. The average molecular weight is 626 g/mol. The molecule has 10 heteroatoms. The van der Waals surface area contributed by atoms with E-state index >= 15 is 0 Å². The van der Waals surface area contributed by atoms with Crippen molar-refractivity contribution in [1.29, 1.82) is 0 Å². The minimum absolute atomic E-state index is 0.0391. The summed E-state index contributed by atoms with van der Waals surface area (Å²) in [7, 11) is -0.277. The van der Waals surface area contributed by atoms with Crippen LogP contribution in [0.25, 0.3) is 16.6 Å². The molecule has 0 spiro atoms. The Morgan fingerprint density at radius 3 is 2.56 bits per heavy atom. The van der Waals surface area contributed by atoms with Gasteiger partial charge in [0.1, 0.15) is 5.75 Å². The number of methoxy groups -OCH3 is 1. The second kappa shape index (κ2) is 13.2. The van der Waals surface area contributed by atoms with Crippen LogP contribution in [0.2, 0.25) is 18.6 Å². The summed E-state index contributed by atoms with van der Waals surface area (Å²) >= 11 is 0. The molecule has 1 fully saturated rings. The maximum atomic E-state index is 13.1. The van der Waals surface area contributed by atoms with Crippen LogP contribution >= 0.6 is 0 Å². The molecule has 3 aromatic carbocycles. The lowest BCUT2D eigenvalue weighted by molar-refractivity contribution is 0.0250. The van der Waals surface area contributed by atoms with Gasteiger partial charge in [-0.3, -0.25) is 14.6 Å². The predicted molar refractivity (Wildman–Crippen MR) is 179 cm³/mol. The standard InChI is InChI=1S/C35H43N5O4Si/c1-24-32(17-12-25-8-7-9-27(22-25)40-35(42)30-10-5-6-11-31(30)37-40)44-33(18-20-39-23-26(19-21-41)36-38-39)34(24)45(3,4)29-15-13-28(43-2)14-16-29/h5-11,13-16,22-24,32-34,37,41H,12,17-21H2,1-4H3/t24-,32+,33-,34+/m1/s1. The molecule has 4 atom stereocenters. The van der Waals surface area contributed by atoms with Gasteiger partial charge >= 0.3 is 0 Å². The van der Waals surface area contributed by atoms with E-state index in [1.807, 2.05) is 47.3 Å². The summed E-state index contributed by atoms with van der Waals surface area (Å²) in [6.45, 7) is 8.07. The molecule has 3 heterocycles. The van der Waals surface area contributed by atoms with Crippen molar-refractivity contribution in [3.63, 3.8) is 0 Å². The second-order valence-electron chi connectivity index (χ2n) is 12.8. The highest BCUT2D eigenvalue weighted by atomic mass is 28.3. The van der Waals surface area contributed by atoms with Gasteiger partial charge in [0.25, 0.3) is 5.56 Å². The van der Waals surface area contributed by atoms with Gasteiger partial charge < -0.3 is 14.6 Å². The third-order valence-electron chi connectivity index (χ3n) is 9.65. The molecule has 0 aliphatic carbocycles. The molecule has 1 saturated heterocycles. The largest absolute Gasteiger partial charge is 0.497 e. The fraction of sp³-hybridized carbons (Fsp3) is 0.400. The minimum Gasteiger partial charge on any atom is -0.497 e. The van der Waals surface area contributed by atoms with Crippen LogP contribution < -0.4 is 15.5 Å². The lowest BCUT2D eigenvalue weighted by Crippen LogP contribution is -2.50. The molecule has 2 N–H and O–H groups in total. The Labute approximate surface area is 264 Å². The van der Waals surface area contributed by atoms with Crippen LogP contribution in [-0.2, 0) is 24.1 Å². The number of ether oxygens (including phenoxy) is 2. The van der Waals surface area contributed by atoms with E-state index < -0.39 is 8.07 Å². The lowest BCUT2D eigenvalue weighted by atomic mass is 9.95. The van der Waals surface area contributed by atoms with Gasteiger partial charge in [0.15, 0.2) is 0 Å². The predicted octanol–water partition coefficient (Wildman–Crippen LogP) is 4.87. The number of benzene rings is 3. The van der Waals surface area contributed by atoms with Gasteiger partial charge in [0.05, 0.1) is 49.7 Å². The Morgan fingerprint density at radius 2 is 1.80 bits per heavy atom. The number of hydrogen-bond acceptors (Lipinski definition) is 6.